The number of hydrogen-bond donors (Lipinski definition) is 1. The van der Waals surface area contributed by atoms with Gasteiger partial charge in [-0.1, -0.05) is 40.2 Å². The lowest BCUT2D eigenvalue weighted by Gasteiger charge is -2.12. The van der Waals surface area contributed by atoms with Gasteiger partial charge in [-0.05, 0) is 36.4 Å². The van der Waals surface area contributed by atoms with Gasteiger partial charge in [0.2, 0.25) is 5.82 Å². The van der Waals surface area contributed by atoms with Gasteiger partial charge in [0.25, 0.3) is 0 Å². The van der Waals surface area contributed by atoms with Crippen molar-refractivity contribution in [3.8, 4) is 5.75 Å². The van der Waals surface area contributed by atoms with Gasteiger partial charge in [0, 0.05) is 16.2 Å². The third-order valence-corrected chi connectivity index (χ3v) is 6.09. The maximum absolute atomic E-state index is 11.6. The predicted molar refractivity (Wildman–Crippen MR) is 98.6 cm³/mol. The van der Waals surface area contributed by atoms with Crippen LogP contribution in [0.2, 0.25) is 10.0 Å². The van der Waals surface area contributed by atoms with Crippen molar-refractivity contribution in [2.24, 2.45) is 0 Å². The van der Waals surface area contributed by atoms with Crippen molar-refractivity contribution >= 4 is 44.8 Å². The van der Waals surface area contributed by atoms with Gasteiger partial charge in [-0.15, -0.1) is 10.2 Å². The Morgan fingerprint density at radius 3 is 2.62 bits per heavy atom. The molecule has 0 spiro atoms. The van der Waals surface area contributed by atoms with E-state index in [1.54, 1.807) is 24.3 Å². The summed E-state index contributed by atoms with van der Waals surface area (Å²) in [6.07, 6.45) is 1.13. The molecule has 26 heavy (non-hydrogen) atoms. The van der Waals surface area contributed by atoms with E-state index in [9.17, 15) is 8.42 Å². The van der Waals surface area contributed by atoms with Gasteiger partial charge in [-0.3, -0.25) is 0 Å². The van der Waals surface area contributed by atoms with Gasteiger partial charge in [0.1, 0.15) is 5.75 Å². The van der Waals surface area contributed by atoms with Gasteiger partial charge < -0.3 is 4.74 Å². The zero-order valence-electron chi connectivity index (χ0n) is 13.3. The zero-order chi connectivity index (χ0) is 18.7. The summed E-state index contributed by atoms with van der Waals surface area (Å²) in [5.41, 5.74) is 0. The first kappa shape index (κ1) is 19.0. The average Bonchev–Trinajstić information content (AvgIpc) is 3.08. The molecular weight excluding hydrogens is 419 g/mol. The first-order valence-corrected chi connectivity index (χ1v) is 10.6. The normalized spacial score (nSPS) is 11.5. The molecule has 7 nitrogen and oxygen atoms in total. The van der Waals surface area contributed by atoms with E-state index < -0.39 is 9.84 Å². The molecule has 0 fully saturated rings. The molecule has 0 aliphatic rings. The third kappa shape index (κ3) is 4.67. The van der Waals surface area contributed by atoms with Gasteiger partial charge in [-0.2, -0.15) is 5.21 Å². The SMILES string of the molecule is CS(=O)(=O)c1ccc(Sc2cc(Cl)ccc2OCc2nn[nH]n2)c(Cl)c1. The van der Waals surface area contributed by atoms with Crippen LogP contribution >= 0.6 is 35.0 Å². The highest BCUT2D eigenvalue weighted by atomic mass is 35.5. The molecule has 0 unspecified atom stereocenters. The van der Waals surface area contributed by atoms with E-state index in [-0.39, 0.29) is 11.5 Å². The number of hydrogen-bond acceptors (Lipinski definition) is 7. The molecule has 2 aromatic carbocycles. The fourth-order valence-electron chi connectivity index (χ4n) is 1.98. The number of nitrogens with one attached hydrogen (secondary N) is 1. The number of aromatic amines is 1. The van der Waals surface area contributed by atoms with E-state index in [0.29, 0.717) is 26.5 Å². The van der Waals surface area contributed by atoms with Gasteiger partial charge in [0.15, 0.2) is 16.4 Å². The van der Waals surface area contributed by atoms with Crippen LogP contribution in [-0.4, -0.2) is 35.3 Å². The van der Waals surface area contributed by atoms with Crippen molar-refractivity contribution < 1.29 is 13.2 Å². The molecule has 0 amide bonds. The van der Waals surface area contributed by atoms with Crippen molar-refractivity contribution in [1.82, 2.24) is 20.6 Å². The van der Waals surface area contributed by atoms with Crippen molar-refractivity contribution in [3.63, 3.8) is 0 Å². The largest absolute Gasteiger partial charge is 0.484 e. The molecule has 1 N–H and O–H groups in total. The fourth-order valence-corrected chi connectivity index (χ4v) is 4.17. The molecule has 0 saturated carbocycles. The Hall–Kier alpha value is -1.81. The molecule has 3 aromatic rings. The van der Waals surface area contributed by atoms with Gasteiger partial charge in [-0.25, -0.2) is 8.42 Å². The van der Waals surface area contributed by atoms with Crippen LogP contribution in [0.5, 0.6) is 5.75 Å². The van der Waals surface area contributed by atoms with Crippen molar-refractivity contribution in [2.75, 3.05) is 6.26 Å². The van der Waals surface area contributed by atoms with E-state index in [4.69, 9.17) is 27.9 Å². The van der Waals surface area contributed by atoms with Crippen LogP contribution in [0.4, 0.5) is 0 Å². The first-order valence-electron chi connectivity index (χ1n) is 7.15. The quantitative estimate of drug-likeness (QED) is 0.636. The Balaban J connectivity index is 1.86. The van der Waals surface area contributed by atoms with Crippen LogP contribution in [0.3, 0.4) is 0 Å². The van der Waals surface area contributed by atoms with E-state index in [2.05, 4.69) is 20.6 Å². The van der Waals surface area contributed by atoms with Crippen molar-refractivity contribution in [1.29, 1.82) is 0 Å². The summed E-state index contributed by atoms with van der Waals surface area (Å²) in [6, 6.07) is 9.73. The number of nitrogens with zero attached hydrogens (tertiary/aromatic N) is 3. The Labute approximate surface area is 164 Å². The fraction of sp³-hybridized carbons (Fsp3) is 0.133. The Morgan fingerprint density at radius 2 is 1.96 bits per heavy atom. The van der Waals surface area contributed by atoms with Crippen LogP contribution in [0.25, 0.3) is 0 Å². The number of benzene rings is 2. The number of aromatic nitrogens is 4. The zero-order valence-corrected chi connectivity index (χ0v) is 16.5. The Kier molecular flexibility index (Phi) is 5.71. The van der Waals surface area contributed by atoms with E-state index in [0.717, 1.165) is 11.2 Å². The molecule has 0 radical (unpaired) electrons. The molecule has 0 atom stereocenters. The van der Waals surface area contributed by atoms with Gasteiger partial charge in [0.05, 0.1) is 14.8 Å². The second-order valence-corrected chi connectivity index (χ2v) is 9.12. The highest BCUT2D eigenvalue weighted by Gasteiger charge is 2.14. The number of sulfone groups is 1. The van der Waals surface area contributed by atoms with Gasteiger partial charge >= 0.3 is 0 Å². The molecule has 11 heteroatoms. The number of H-pyrrole nitrogens is 1. The second-order valence-electron chi connectivity index (χ2n) is 5.17. The number of tetrazole rings is 1. The third-order valence-electron chi connectivity index (χ3n) is 3.20. The van der Waals surface area contributed by atoms with Crippen LogP contribution in [0.1, 0.15) is 5.82 Å². The van der Waals surface area contributed by atoms with E-state index >= 15 is 0 Å². The van der Waals surface area contributed by atoms with E-state index in [1.807, 2.05) is 0 Å². The van der Waals surface area contributed by atoms with Crippen LogP contribution in [0.15, 0.2) is 51.1 Å². The summed E-state index contributed by atoms with van der Waals surface area (Å²) in [6.45, 7) is 0.131. The van der Waals surface area contributed by atoms with E-state index in [1.165, 1.54) is 23.9 Å². The lowest BCUT2D eigenvalue weighted by Crippen LogP contribution is -1.99. The highest BCUT2D eigenvalue weighted by molar-refractivity contribution is 7.99. The van der Waals surface area contributed by atoms with Crippen LogP contribution < -0.4 is 4.74 Å². The molecule has 0 saturated heterocycles. The molecule has 0 aliphatic heterocycles. The lowest BCUT2D eigenvalue weighted by atomic mass is 10.3. The minimum absolute atomic E-state index is 0.131. The highest BCUT2D eigenvalue weighted by Crippen LogP contribution is 2.40. The van der Waals surface area contributed by atoms with Crippen molar-refractivity contribution in [2.45, 2.75) is 21.3 Å². The molecule has 1 heterocycles. The monoisotopic (exact) mass is 430 g/mol. The molecule has 1 aromatic heterocycles. The standard InChI is InChI=1S/C15H12Cl2N4O3S2/c1-26(22,23)10-3-5-13(11(17)7-10)25-14-6-9(16)2-4-12(14)24-8-15-18-20-21-19-15/h2-7H,8H2,1H3,(H,18,19,20,21). The Morgan fingerprint density at radius 1 is 1.15 bits per heavy atom. The summed E-state index contributed by atoms with van der Waals surface area (Å²) in [5.74, 6) is 0.971. The molecule has 3 rings (SSSR count). The molecule has 0 aliphatic carbocycles. The lowest BCUT2D eigenvalue weighted by molar-refractivity contribution is 0.289. The first-order chi connectivity index (χ1) is 12.3. The summed E-state index contributed by atoms with van der Waals surface area (Å²) < 4.78 is 29.0. The maximum atomic E-state index is 11.6. The number of halogens is 2. The summed E-state index contributed by atoms with van der Waals surface area (Å²) in [7, 11) is -3.33. The predicted octanol–water partition coefficient (Wildman–Crippen LogP) is 3.64. The minimum atomic E-state index is -3.33. The minimum Gasteiger partial charge on any atom is -0.484 e. The summed E-state index contributed by atoms with van der Waals surface area (Å²) >= 11 is 13.6. The molecule has 0 bridgehead atoms. The number of rotatable bonds is 6. The molecular formula is C15H12Cl2N4O3S2. The second kappa shape index (κ2) is 7.83. The van der Waals surface area contributed by atoms with Crippen LogP contribution in [-0.2, 0) is 16.4 Å². The van der Waals surface area contributed by atoms with Crippen molar-refractivity contribution in [3.05, 3.63) is 52.3 Å². The number of ether oxygens (including phenoxy) is 1. The summed E-state index contributed by atoms with van der Waals surface area (Å²) in [4.78, 5) is 1.55. The maximum Gasteiger partial charge on any atom is 0.211 e. The topological polar surface area (TPSA) is 97.8 Å². The molecule has 136 valence electrons. The average molecular weight is 431 g/mol. The Bertz CT molecular complexity index is 1030. The smallest absolute Gasteiger partial charge is 0.211 e. The summed E-state index contributed by atoms with van der Waals surface area (Å²) in [5, 5.41) is 14.3. The van der Waals surface area contributed by atoms with Crippen LogP contribution in [0, 0.1) is 0 Å².